The predicted molar refractivity (Wildman–Crippen MR) is 149 cm³/mol. The van der Waals surface area contributed by atoms with Crippen LogP contribution >= 0.6 is 11.8 Å². The van der Waals surface area contributed by atoms with E-state index in [-0.39, 0.29) is 11.3 Å². The van der Waals surface area contributed by atoms with Crippen molar-refractivity contribution in [2.24, 2.45) is 0 Å². The van der Waals surface area contributed by atoms with Crippen molar-refractivity contribution in [3.05, 3.63) is 138 Å². The molecular formula is C31H31NO3S. The van der Waals surface area contributed by atoms with Gasteiger partial charge in [-0.3, -0.25) is 9.69 Å². The minimum atomic E-state index is -0.189. The number of thioether (sulfide) groups is 1. The van der Waals surface area contributed by atoms with E-state index in [0.717, 1.165) is 28.1 Å². The third kappa shape index (κ3) is 6.70. The van der Waals surface area contributed by atoms with Gasteiger partial charge in [0.1, 0.15) is 19.0 Å². The zero-order valence-corrected chi connectivity index (χ0v) is 21.3. The Kier molecular flexibility index (Phi) is 9.06. The molecular weight excluding hydrogens is 466 g/mol. The average Bonchev–Trinajstić information content (AvgIpc) is 3.32. The van der Waals surface area contributed by atoms with Gasteiger partial charge in [0.15, 0.2) is 0 Å². The maximum absolute atomic E-state index is 12.8. The van der Waals surface area contributed by atoms with E-state index in [1.165, 1.54) is 11.8 Å². The van der Waals surface area contributed by atoms with Crippen LogP contribution in [0.15, 0.2) is 127 Å². The number of rotatable bonds is 11. The first kappa shape index (κ1) is 25.4. The smallest absolute Gasteiger partial charge is 0.286 e. The molecule has 0 N–H and O–H groups in total. The zero-order chi connectivity index (χ0) is 25.2. The monoisotopic (exact) mass is 497 g/mol. The summed E-state index contributed by atoms with van der Waals surface area (Å²) < 4.78 is 12.4. The number of ether oxygens (including phenoxy) is 2. The zero-order valence-electron chi connectivity index (χ0n) is 20.5. The number of allylic oxidation sites excluding steroid dienone is 2. The fourth-order valence-corrected chi connectivity index (χ4v) is 4.96. The molecule has 0 aliphatic carbocycles. The lowest BCUT2D eigenvalue weighted by atomic mass is 10.0. The van der Waals surface area contributed by atoms with E-state index in [1.54, 1.807) is 0 Å². The van der Waals surface area contributed by atoms with E-state index in [1.807, 2.05) is 115 Å². The van der Waals surface area contributed by atoms with Gasteiger partial charge in [-0.15, -0.1) is 0 Å². The highest BCUT2D eigenvalue weighted by Gasteiger charge is 2.36. The number of amides is 1. The van der Waals surface area contributed by atoms with Crippen LogP contribution in [-0.4, -0.2) is 17.0 Å². The minimum absolute atomic E-state index is 0.0232. The van der Waals surface area contributed by atoms with E-state index < -0.39 is 0 Å². The van der Waals surface area contributed by atoms with E-state index in [4.69, 9.17) is 9.47 Å². The van der Waals surface area contributed by atoms with Crippen LogP contribution in [0.4, 0.5) is 10.5 Å². The maximum atomic E-state index is 12.8. The van der Waals surface area contributed by atoms with Crippen LogP contribution in [0.25, 0.3) is 0 Å². The lowest BCUT2D eigenvalue weighted by molar-refractivity contribution is 0.187. The summed E-state index contributed by atoms with van der Waals surface area (Å²) in [5.74, 6) is 2.16. The molecule has 0 aromatic heterocycles. The van der Waals surface area contributed by atoms with Crippen molar-refractivity contribution in [3.63, 3.8) is 0 Å². The standard InChI is InChI=1S/C31H31NO3S/c1-3-28(34-21-25-13-7-4-8-14-25)19-20-30(35-22-26-15-9-5-10-16-26)24(2)29-23-36-31(33)32(29)27-17-11-6-12-18-27/h3-18,20,29H,2,19,21-23H2,1H3/b28-3+,30-20?. The van der Waals surface area contributed by atoms with Crippen molar-refractivity contribution < 1.29 is 14.3 Å². The number of benzene rings is 3. The second kappa shape index (κ2) is 12.8. The minimum Gasteiger partial charge on any atom is -0.493 e. The normalized spacial score (nSPS) is 16.2. The lowest BCUT2D eigenvalue weighted by Gasteiger charge is -2.27. The summed E-state index contributed by atoms with van der Waals surface area (Å²) in [6.45, 7) is 7.29. The van der Waals surface area contributed by atoms with E-state index in [9.17, 15) is 4.79 Å². The summed E-state index contributed by atoms with van der Waals surface area (Å²) in [7, 11) is 0. The largest absolute Gasteiger partial charge is 0.493 e. The second-order valence-corrected chi connectivity index (χ2v) is 9.37. The quantitative estimate of drug-likeness (QED) is 0.199. The van der Waals surface area contributed by atoms with Crippen molar-refractivity contribution in [1.82, 2.24) is 0 Å². The molecule has 36 heavy (non-hydrogen) atoms. The summed E-state index contributed by atoms with van der Waals surface area (Å²) in [6.07, 6.45) is 4.55. The topological polar surface area (TPSA) is 38.8 Å². The number of carbonyl (C=O) groups is 1. The first-order valence-electron chi connectivity index (χ1n) is 12.0. The molecule has 0 bridgehead atoms. The average molecular weight is 498 g/mol. The Labute approximate surface area is 217 Å². The van der Waals surface area contributed by atoms with Gasteiger partial charge in [0.25, 0.3) is 5.24 Å². The molecule has 1 amide bonds. The fourth-order valence-electron chi connectivity index (χ4n) is 3.94. The van der Waals surface area contributed by atoms with Crippen LogP contribution in [-0.2, 0) is 22.7 Å². The first-order chi connectivity index (χ1) is 17.7. The Bertz CT molecular complexity index is 1210. The molecule has 5 heteroatoms. The van der Waals surface area contributed by atoms with Crippen LogP contribution < -0.4 is 4.90 Å². The van der Waals surface area contributed by atoms with Gasteiger partial charge in [0.05, 0.1) is 11.8 Å². The number of nitrogens with zero attached hydrogens (tertiary/aromatic N) is 1. The Morgan fingerprint density at radius 2 is 1.47 bits per heavy atom. The third-order valence-electron chi connectivity index (χ3n) is 5.94. The molecule has 1 atom stereocenters. The summed E-state index contributed by atoms with van der Waals surface area (Å²) >= 11 is 1.31. The Hall–Kier alpha value is -3.70. The molecule has 1 unspecified atom stereocenters. The molecule has 184 valence electrons. The fraction of sp³-hybridized carbons (Fsp3) is 0.194. The van der Waals surface area contributed by atoms with Gasteiger partial charge in [0.2, 0.25) is 0 Å². The van der Waals surface area contributed by atoms with Crippen LogP contribution in [0.2, 0.25) is 0 Å². The number of hydrogen-bond acceptors (Lipinski definition) is 4. The predicted octanol–water partition coefficient (Wildman–Crippen LogP) is 7.90. The van der Waals surface area contributed by atoms with E-state index >= 15 is 0 Å². The van der Waals surface area contributed by atoms with Crippen molar-refractivity contribution in [2.75, 3.05) is 10.7 Å². The molecule has 0 saturated carbocycles. The summed E-state index contributed by atoms with van der Waals surface area (Å²) in [5, 5.41) is 0.0232. The molecule has 1 aliphatic heterocycles. The molecule has 1 saturated heterocycles. The lowest BCUT2D eigenvalue weighted by Crippen LogP contribution is -2.35. The molecule has 4 nitrogen and oxygen atoms in total. The van der Waals surface area contributed by atoms with Gasteiger partial charge >= 0.3 is 0 Å². The van der Waals surface area contributed by atoms with Gasteiger partial charge in [-0.2, -0.15) is 0 Å². The van der Waals surface area contributed by atoms with Crippen LogP contribution in [0, 0.1) is 0 Å². The van der Waals surface area contributed by atoms with Gasteiger partial charge in [-0.25, -0.2) is 0 Å². The number of carbonyl (C=O) groups excluding carboxylic acids is 1. The summed E-state index contributed by atoms with van der Waals surface area (Å²) in [4.78, 5) is 14.6. The molecule has 4 rings (SSSR count). The number of para-hydroxylation sites is 1. The van der Waals surface area contributed by atoms with E-state index in [2.05, 4.69) is 6.58 Å². The molecule has 0 spiro atoms. The van der Waals surface area contributed by atoms with Gasteiger partial charge in [-0.1, -0.05) is 97.2 Å². The highest BCUT2D eigenvalue weighted by Crippen LogP contribution is 2.35. The van der Waals surface area contributed by atoms with Crippen molar-refractivity contribution in [1.29, 1.82) is 0 Å². The molecule has 3 aromatic rings. The van der Waals surface area contributed by atoms with Crippen molar-refractivity contribution in [3.8, 4) is 0 Å². The Morgan fingerprint density at radius 1 is 0.917 bits per heavy atom. The number of hydrogen-bond donors (Lipinski definition) is 0. The van der Waals surface area contributed by atoms with Crippen molar-refractivity contribution >= 4 is 22.7 Å². The maximum Gasteiger partial charge on any atom is 0.286 e. The summed E-state index contributed by atoms with van der Waals surface area (Å²) in [6, 6.07) is 29.7. The van der Waals surface area contributed by atoms with Crippen LogP contribution in [0.1, 0.15) is 24.5 Å². The molecule has 3 aromatic carbocycles. The molecule has 0 radical (unpaired) electrons. The number of anilines is 1. The third-order valence-corrected chi connectivity index (χ3v) is 6.87. The van der Waals surface area contributed by atoms with Crippen LogP contribution in [0.3, 0.4) is 0 Å². The summed E-state index contributed by atoms with van der Waals surface area (Å²) in [5.41, 5.74) is 3.83. The highest BCUT2D eigenvalue weighted by molar-refractivity contribution is 8.14. The van der Waals surface area contributed by atoms with E-state index in [0.29, 0.717) is 31.1 Å². The SMILES string of the molecule is C=C(C(=CC/C(=C\C)OCc1ccccc1)OCc1ccccc1)C1CSC(=O)N1c1ccccc1. The van der Waals surface area contributed by atoms with Gasteiger partial charge in [-0.05, 0) is 42.3 Å². The highest BCUT2D eigenvalue weighted by atomic mass is 32.2. The Morgan fingerprint density at radius 3 is 2.06 bits per heavy atom. The van der Waals surface area contributed by atoms with Crippen molar-refractivity contribution in [2.45, 2.75) is 32.6 Å². The molecule has 1 aliphatic rings. The van der Waals surface area contributed by atoms with Crippen LogP contribution in [0.5, 0.6) is 0 Å². The second-order valence-electron chi connectivity index (χ2n) is 8.40. The van der Waals surface area contributed by atoms with Gasteiger partial charge in [0, 0.05) is 23.4 Å². The molecule has 1 heterocycles. The Balaban J connectivity index is 1.52. The van der Waals surface area contributed by atoms with Gasteiger partial charge < -0.3 is 9.47 Å². The molecule has 1 fully saturated rings. The first-order valence-corrected chi connectivity index (χ1v) is 13.0.